The lowest BCUT2D eigenvalue weighted by Gasteiger charge is -2.33. The highest BCUT2D eigenvalue weighted by Gasteiger charge is 2.19. The van der Waals surface area contributed by atoms with Gasteiger partial charge in [-0.15, -0.1) is 0 Å². The highest BCUT2D eigenvalue weighted by Crippen LogP contribution is 2.24. The molecule has 0 radical (unpaired) electrons. The van der Waals surface area contributed by atoms with Crippen LogP contribution < -0.4 is 4.90 Å². The van der Waals surface area contributed by atoms with Crippen LogP contribution in [-0.2, 0) is 0 Å². The van der Waals surface area contributed by atoms with Crippen LogP contribution in [0.25, 0.3) is 0 Å². The van der Waals surface area contributed by atoms with Gasteiger partial charge in [0.25, 0.3) is 0 Å². The molecule has 0 amide bonds. The van der Waals surface area contributed by atoms with Crippen molar-refractivity contribution in [2.75, 3.05) is 18.0 Å². The summed E-state index contributed by atoms with van der Waals surface area (Å²) >= 11 is 5.86. The molecule has 1 saturated heterocycles. The highest BCUT2D eigenvalue weighted by molar-refractivity contribution is 6.29. The lowest BCUT2D eigenvalue weighted by Crippen LogP contribution is -2.35. The molecule has 1 aromatic heterocycles. The van der Waals surface area contributed by atoms with Crippen LogP contribution in [0.3, 0.4) is 0 Å². The lowest BCUT2D eigenvalue weighted by atomic mass is 9.96. The van der Waals surface area contributed by atoms with Gasteiger partial charge in [0.05, 0.1) is 0 Å². The quantitative estimate of drug-likeness (QED) is 0.725. The molecule has 1 atom stereocenters. The second kappa shape index (κ2) is 4.79. The minimum absolute atomic E-state index is 0.527. The van der Waals surface area contributed by atoms with E-state index in [1.807, 2.05) is 6.07 Å². The van der Waals surface area contributed by atoms with E-state index in [1.165, 1.54) is 25.6 Å². The molecule has 2 heterocycles. The van der Waals surface area contributed by atoms with Crippen LogP contribution >= 0.6 is 11.6 Å². The molecule has 0 aliphatic carbocycles. The molecule has 82 valence electrons. The number of halogens is 1. The average molecular weight is 226 g/mol. The Labute approximate surface area is 95.5 Å². The van der Waals surface area contributed by atoms with Gasteiger partial charge in [0.15, 0.2) is 0 Å². The van der Waals surface area contributed by atoms with Gasteiger partial charge in [0, 0.05) is 19.2 Å². The van der Waals surface area contributed by atoms with E-state index < -0.39 is 0 Å². The summed E-state index contributed by atoms with van der Waals surface area (Å²) in [5.74, 6) is 1.76. The molecule has 1 unspecified atom stereocenters. The van der Waals surface area contributed by atoms with Gasteiger partial charge < -0.3 is 4.90 Å². The smallest absolute Gasteiger partial charge is 0.134 e. The van der Waals surface area contributed by atoms with Gasteiger partial charge in [-0.25, -0.2) is 9.97 Å². The molecule has 0 aromatic carbocycles. The first-order valence-corrected chi connectivity index (χ1v) is 5.90. The van der Waals surface area contributed by atoms with Crippen LogP contribution in [0.4, 0.5) is 5.82 Å². The molecule has 1 aliphatic rings. The molecule has 1 aromatic rings. The molecular formula is C11H16ClN3. The van der Waals surface area contributed by atoms with E-state index in [9.17, 15) is 0 Å². The van der Waals surface area contributed by atoms with E-state index in [2.05, 4.69) is 21.8 Å². The van der Waals surface area contributed by atoms with Gasteiger partial charge in [0.2, 0.25) is 0 Å². The molecule has 0 saturated carbocycles. The van der Waals surface area contributed by atoms with Crippen molar-refractivity contribution in [3.8, 4) is 0 Å². The fourth-order valence-corrected chi connectivity index (χ4v) is 2.24. The Morgan fingerprint density at radius 3 is 3.13 bits per heavy atom. The Morgan fingerprint density at radius 2 is 2.40 bits per heavy atom. The number of nitrogens with zero attached hydrogens (tertiary/aromatic N) is 3. The lowest BCUT2D eigenvalue weighted by molar-refractivity contribution is 0.403. The van der Waals surface area contributed by atoms with Crippen molar-refractivity contribution >= 4 is 17.4 Å². The van der Waals surface area contributed by atoms with Gasteiger partial charge in [-0.2, -0.15) is 0 Å². The second-order valence-corrected chi connectivity index (χ2v) is 4.45. The van der Waals surface area contributed by atoms with Gasteiger partial charge in [-0.05, 0) is 18.8 Å². The first-order valence-electron chi connectivity index (χ1n) is 5.52. The molecule has 0 bridgehead atoms. The van der Waals surface area contributed by atoms with Crippen LogP contribution in [0.1, 0.15) is 26.2 Å². The summed E-state index contributed by atoms with van der Waals surface area (Å²) in [6, 6.07) is 1.85. The van der Waals surface area contributed by atoms with Crippen LogP contribution in [0.15, 0.2) is 12.4 Å². The number of piperidine rings is 1. The van der Waals surface area contributed by atoms with Crippen molar-refractivity contribution in [3.05, 3.63) is 17.5 Å². The van der Waals surface area contributed by atoms with Crippen molar-refractivity contribution in [2.45, 2.75) is 26.2 Å². The minimum atomic E-state index is 0.527. The molecule has 0 spiro atoms. The largest absolute Gasteiger partial charge is 0.356 e. The summed E-state index contributed by atoms with van der Waals surface area (Å²) in [4.78, 5) is 10.5. The number of hydrogen-bond donors (Lipinski definition) is 0. The summed E-state index contributed by atoms with van der Waals surface area (Å²) in [6.07, 6.45) is 5.37. The summed E-state index contributed by atoms with van der Waals surface area (Å²) in [5.41, 5.74) is 0. The molecule has 1 aliphatic heterocycles. The average Bonchev–Trinajstić information content (AvgIpc) is 2.29. The van der Waals surface area contributed by atoms with Gasteiger partial charge in [0.1, 0.15) is 17.3 Å². The van der Waals surface area contributed by atoms with Crippen molar-refractivity contribution in [2.24, 2.45) is 5.92 Å². The predicted octanol–water partition coefficient (Wildman–Crippen LogP) is 2.76. The van der Waals surface area contributed by atoms with E-state index in [4.69, 9.17) is 11.6 Å². The Kier molecular flexibility index (Phi) is 3.41. The zero-order chi connectivity index (χ0) is 10.7. The third kappa shape index (κ3) is 2.59. The number of anilines is 1. The first-order chi connectivity index (χ1) is 7.29. The van der Waals surface area contributed by atoms with Crippen molar-refractivity contribution in [3.63, 3.8) is 0 Å². The standard InChI is InChI=1S/C11H16ClN3/c1-2-9-4-3-5-15(7-9)11-6-10(12)13-8-14-11/h6,8-9H,2-5,7H2,1H3. The molecular weight excluding hydrogens is 210 g/mol. The summed E-state index contributed by atoms with van der Waals surface area (Å²) < 4.78 is 0. The third-order valence-electron chi connectivity index (χ3n) is 3.04. The molecule has 15 heavy (non-hydrogen) atoms. The molecule has 4 heteroatoms. The second-order valence-electron chi connectivity index (χ2n) is 4.06. The molecule has 0 N–H and O–H groups in total. The predicted molar refractivity (Wildman–Crippen MR) is 62.3 cm³/mol. The van der Waals surface area contributed by atoms with Gasteiger partial charge >= 0.3 is 0 Å². The van der Waals surface area contributed by atoms with Crippen molar-refractivity contribution < 1.29 is 0 Å². The van der Waals surface area contributed by atoms with E-state index in [1.54, 1.807) is 0 Å². The molecule has 2 rings (SSSR count). The zero-order valence-electron chi connectivity index (χ0n) is 8.99. The normalized spacial score (nSPS) is 21.7. The third-order valence-corrected chi connectivity index (χ3v) is 3.25. The van der Waals surface area contributed by atoms with Crippen LogP contribution in [0.5, 0.6) is 0 Å². The maximum Gasteiger partial charge on any atom is 0.134 e. The fourth-order valence-electron chi connectivity index (χ4n) is 2.10. The van der Waals surface area contributed by atoms with E-state index in [0.29, 0.717) is 5.15 Å². The van der Waals surface area contributed by atoms with E-state index >= 15 is 0 Å². The summed E-state index contributed by atoms with van der Waals surface area (Å²) in [6.45, 7) is 4.44. The Hall–Kier alpha value is -0.830. The maximum absolute atomic E-state index is 5.86. The number of rotatable bonds is 2. The maximum atomic E-state index is 5.86. The number of hydrogen-bond acceptors (Lipinski definition) is 3. The summed E-state index contributed by atoms with van der Waals surface area (Å²) in [5, 5.41) is 0.527. The van der Waals surface area contributed by atoms with Crippen molar-refractivity contribution in [1.29, 1.82) is 0 Å². The van der Waals surface area contributed by atoms with Crippen LogP contribution in [0, 0.1) is 5.92 Å². The van der Waals surface area contributed by atoms with Crippen LogP contribution in [-0.4, -0.2) is 23.1 Å². The SMILES string of the molecule is CCC1CCCN(c2cc(Cl)ncn2)C1. The molecule has 3 nitrogen and oxygen atoms in total. The van der Waals surface area contributed by atoms with E-state index in [-0.39, 0.29) is 0 Å². The topological polar surface area (TPSA) is 29.0 Å². The van der Waals surface area contributed by atoms with Gasteiger partial charge in [-0.1, -0.05) is 24.9 Å². The fraction of sp³-hybridized carbons (Fsp3) is 0.636. The minimum Gasteiger partial charge on any atom is -0.356 e. The van der Waals surface area contributed by atoms with Gasteiger partial charge in [-0.3, -0.25) is 0 Å². The highest BCUT2D eigenvalue weighted by atomic mass is 35.5. The Morgan fingerprint density at radius 1 is 1.53 bits per heavy atom. The monoisotopic (exact) mass is 225 g/mol. The first kappa shape index (κ1) is 10.7. The zero-order valence-corrected chi connectivity index (χ0v) is 9.74. The molecule has 1 fully saturated rings. The van der Waals surface area contributed by atoms with Crippen LogP contribution in [0.2, 0.25) is 5.15 Å². The van der Waals surface area contributed by atoms with Crippen molar-refractivity contribution in [1.82, 2.24) is 9.97 Å². The summed E-state index contributed by atoms with van der Waals surface area (Å²) in [7, 11) is 0. The number of aromatic nitrogens is 2. The Balaban J connectivity index is 2.09. The Bertz CT molecular complexity index is 329. The van der Waals surface area contributed by atoms with E-state index in [0.717, 1.165) is 24.8 Å².